The molecule has 1 amide bonds. The number of benzene rings is 1. The van der Waals surface area contributed by atoms with Gasteiger partial charge < -0.3 is 14.6 Å². The Hall–Kier alpha value is -2.75. The highest BCUT2D eigenvalue weighted by atomic mass is 35.5. The van der Waals surface area contributed by atoms with Gasteiger partial charge in [-0.1, -0.05) is 36.2 Å². The van der Waals surface area contributed by atoms with E-state index in [0.29, 0.717) is 5.69 Å². The van der Waals surface area contributed by atoms with E-state index in [0.717, 1.165) is 29.9 Å². The topological polar surface area (TPSA) is 84.1 Å². The maximum Gasteiger partial charge on any atom is 0.349 e. The Balaban J connectivity index is 2.06. The summed E-state index contributed by atoms with van der Waals surface area (Å²) in [6, 6.07) is 8.52. The van der Waals surface area contributed by atoms with Crippen molar-refractivity contribution in [3.05, 3.63) is 56.8 Å². The third-order valence-corrected chi connectivity index (χ3v) is 5.08. The van der Waals surface area contributed by atoms with E-state index in [1.54, 1.807) is 18.2 Å². The zero-order chi connectivity index (χ0) is 21.6. The average molecular weight is 434 g/mol. The minimum absolute atomic E-state index is 0.185. The number of nitrogens with zero attached hydrogens (tertiary/aromatic N) is 2. The van der Waals surface area contributed by atoms with Gasteiger partial charge in [0.2, 0.25) is 0 Å². The van der Waals surface area contributed by atoms with E-state index >= 15 is 0 Å². The van der Waals surface area contributed by atoms with Gasteiger partial charge in [0, 0.05) is 17.9 Å². The number of hydrogen-bond donors (Lipinski definition) is 1. The Kier molecular flexibility index (Phi) is 7.89. The summed E-state index contributed by atoms with van der Waals surface area (Å²) in [7, 11) is 0. The van der Waals surface area contributed by atoms with Crippen LogP contribution in [0, 0.1) is 25.2 Å². The van der Waals surface area contributed by atoms with Crippen molar-refractivity contribution in [1.29, 1.82) is 5.26 Å². The molecular weight excluding hydrogens is 413 g/mol. The van der Waals surface area contributed by atoms with Gasteiger partial charge >= 0.3 is 5.97 Å². The molecule has 0 aliphatic carbocycles. The number of nitriles is 1. The van der Waals surface area contributed by atoms with Crippen LogP contribution in [-0.2, 0) is 20.9 Å². The Morgan fingerprint density at radius 1 is 1.31 bits per heavy atom. The summed E-state index contributed by atoms with van der Waals surface area (Å²) in [6.07, 6.45) is 2.45. The lowest BCUT2D eigenvalue weighted by Crippen LogP contribution is -2.21. The normalized spacial score (nSPS) is 11.1. The summed E-state index contributed by atoms with van der Waals surface area (Å²) < 4.78 is 7.09. The fraction of sp³-hybridized carbons (Fsp3) is 0.286. The molecule has 1 aromatic heterocycles. The molecule has 0 atom stereocenters. The van der Waals surface area contributed by atoms with Gasteiger partial charge in [-0.25, -0.2) is 4.79 Å². The molecule has 152 valence electrons. The van der Waals surface area contributed by atoms with Crippen LogP contribution >= 0.6 is 23.2 Å². The lowest BCUT2D eigenvalue weighted by Gasteiger charge is -2.09. The van der Waals surface area contributed by atoms with Gasteiger partial charge in [0.15, 0.2) is 6.61 Å². The molecule has 0 radical (unpaired) electrons. The van der Waals surface area contributed by atoms with E-state index in [4.69, 9.17) is 27.9 Å². The molecule has 0 fully saturated rings. The van der Waals surface area contributed by atoms with Crippen LogP contribution in [0.3, 0.4) is 0 Å². The minimum atomic E-state index is -0.875. The van der Waals surface area contributed by atoms with Gasteiger partial charge in [-0.05, 0) is 50.1 Å². The molecule has 8 heteroatoms. The number of aromatic nitrogens is 1. The van der Waals surface area contributed by atoms with E-state index in [2.05, 4.69) is 16.8 Å². The molecule has 0 bridgehead atoms. The number of esters is 1. The number of carbonyl (C=O) groups excluding carboxylic acids is 2. The number of halogens is 2. The highest BCUT2D eigenvalue weighted by Crippen LogP contribution is 2.29. The Labute approximate surface area is 179 Å². The lowest BCUT2D eigenvalue weighted by molar-refractivity contribution is -0.142. The first-order valence-electron chi connectivity index (χ1n) is 8.98. The van der Waals surface area contributed by atoms with Crippen LogP contribution in [0.5, 0.6) is 0 Å². The third kappa shape index (κ3) is 5.63. The monoisotopic (exact) mass is 433 g/mol. The van der Waals surface area contributed by atoms with Crippen molar-refractivity contribution in [2.75, 3.05) is 11.9 Å². The molecule has 0 saturated carbocycles. The predicted octanol–water partition coefficient (Wildman–Crippen LogP) is 4.91. The second-order valence-electron chi connectivity index (χ2n) is 6.37. The van der Waals surface area contributed by atoms with Crippen LogP contribution in [0.2, 0.25) is 10.0 Å². The summed E-state index contributed by atoms with van der Waals surface area (Å²) in [4.78, 5) is 24.3. The van der Waals surface area contributed by atoms with E-state index in [1.807, 2.05) is 26.0 Å². The molecule has 1 heterocycles. The summed E-state index contributed by atoms with van der Waals surface area (Å²) in [5, 5.41) is 12.3. The molecular formula is C21H21Cl2N3O3. The Morgan fingerprint density at radius 2 is 2.03 bits per heavy atom. The fourth-order valence-electron chi connectivity index (χ4n) is 2.83. The van der Waals surface area contributed by atoms with E-state index in [1.165, 1.54) is 6.08 Å². The number of hydrogen-bond acceptors (Lipinski definition) is 4. The van der Waals surface area contributed by atoms with Crippen molar-refractivity contribution < 1.29 is 14.3 Å². The summed E-state index contributed by atoms with van der Waals surface area (Å²) >= 11 is 11.9. The molecule has 0 aliphatic heterocycles. The third-order valence-electron chi connectivity index (χ3n) is 4.26. The van der Waals surface area contributed by atoms with Crippen molar-refractivity contribution in [2.45, 2.75) is 33.7 Å². The van der Waals surface area contributed by atoms with Gasteiger partial charge in [-0.2, -0.15) is 5.26 Å². The Morgan fingerprint density at radius 3 is 2.69 bits per heavy atom. The maximum absolute atomic E-state index is 12.2. The van der Waals surface area contributed by atoms with Crippen LogP contribution < -0.4 is 5.32 Å². The minimum Gasteiger partial charge on any atom is -0.451 e. The quantitative estimate of drug-likeness (QED) is 0.381. The van der Waals surface area contributed by atoms with Crippen molar-refractivity contribution in [2.24, 2.45) is 0 Å². The maximum atomic E-state index is 12.2. The highest BCUT2D eigenvalue weighted by Gasteiger charge is 2.16. The van der Waals surface area contributed by atoms with Gasteiger partial charge in [0.25, 0.3) is 5.91 Å². The number of nitrogens with one attached hydrogen (secondary N) is 1. The Bertz CT molecular complexity index is 1000. The first kappa shape index (κ1) is 22.5. The summed E-state index contributed by atoms with van der Waals surface area (Å²) in [6.45, 7) is 6.26. The predicted molar refractivity (Wildman–Crippen MR) is 114 cm³/mol. The van der Waals surface area contributed by atoms with Crippen molar-refractivity contribution in [3.63, 3.8) is 0 Å². The first-order valence-corrected chi connectivity index (χ1v) is 9.73. The fourth-order valence-corrected chi connectivity index (χ4v) is 3.18. The molecule has 0 spiro atoms. The standard InChI is InChI=1S/C21H21Cl2N3O3/c1-4-8-26-13(2)9-15(14(26)3)10-16(11-24)21(28)29-12-19(27)25-18-7-5-6-17(22)20(18)23/h5-7,9-10H,4,8,12H2,1-3H3,(H,25,27)/b16-10+. The average Bonchev–Trinajstić information content (AvgIpc) is 2.95. The number of rotatable bonds is 7. The molecule has 2 rings (SSSR count). The molecule has 0 aliphatic rings. The van der Waals surface area contributed by atoms with Gasteiger partial charge in [0.1, 0.15) is 11.6 Å². The highest BCUT2D eigenvalue weighted by molar-refractivity contribution is 6.44. The smallest absolute Gasteiger partial charge is 0.349 e. The zero-order valence-electron chi connectivity index (χ0n) is 16.4. The lowest BCUT2D eigenvalue weighted by atomic mass is 10.1. The van der Waals surface area contributed by atoms with Crippen molar-refractivity contribution >= 4 is 46.8 Å². The van der Waals surface area contributed by atoms with Crippen molar-refractivity contribution in [3.8, 4) is 6.07 Å². The van der Waals surface area contributed by atoms with E-state index in [-0.39, 0.29) is 15.6 Å². The van der Waals surface area contributed by atoms with E-state index in [9.17, 15) is 14.9 Å². The van der Waals surface area contributed by atoms with Crippen LogP contribution in [-0.4, -0.2) is 23.1 Å². The van der Waals surface area contributed by atoms with Crippen LogP contribution in [0.15, 0.2) is 29.8 Å². The second kappa shape index (κ2) is 10.1. The molecule has 1 aromatic carbocycles. The summed E-state index contributed by atoms with van der Waals surface area (Å²) in [5.74, 6) is -1.47. The number of anilines is 1. The number of ether oxygens (including phenoxy) is 1. The van der Waals surface area contributed by atoms with Gasteiger partial charge in [0.05, 0.1) is 15.7 Å². The van der Waals surface area contributed by atoms with Crippen LogP contribution in [0.1, 0.15) is 30.3 Å². The van der Waals surface area contributed by atoms with Crippen LogP contribution in [0.25, 0.3) is 6.08 Å². The molecule has 6 nitrogen and oxygen atoms in total. The zero-order valence-corrected chi connectivity index (χ0v) is 17.9. The van der Waals surface area contributed by atoms with Gasteiger partial charge in [-0.15, -0.1) is 0 Å². The SMILES string of the molecule is CCCn1c(C)cc(/C=C(\C#N)C(=O)OCC(=O)Nc2cccc(Cl)c2Cl)c1C. The van der Waals surface area contributed by atoms with E-state index < -0.39 is 18.5 Å². The molecule has 0 saturated heterocycles. The molecule has 29 heavy (non-hydrogen) atoms. The first-order chi connectivity index (χ1) is 13.8. The molecule has 2 aromatic rings. The number of amides is 1. The molecule has 0 unspecified atom stereocenters. The molecule has 1 N–H and O–H groups in total. The summed E-state index contributed by atoms with van der Waals surface area (Å²) in [5.41, 5.74) is 2.88. The number of carbonyl (C=O) groups is 2. The second-order valence-corrected chi connectivity index (χ2v) is 7.16. The van der Waals surface area contributed by atoms with Gasteiger partial charge in [-0.3, -0.25) is 4.79 Å². The van der Waals surface area contributed by atoms with Crippen molar-refractivity contribution in [1.82, 2.24) is 4.57 Å². The largest absolute Gasteiger partial charge is 0.451 e. The van der Waals surface area contributed by atoms with Crippen LogP contribution in [0.4, 0.5) is 5.69 Å². The number of aryl methyl sites for hydroxylation is 1.